The van der Waals surface area contributed by atoms with Crippen LogP contribution in [-0.4, -0.2) is 56.3 Å². The maximum atomic E-state index is 12.3. The minimum Gasteiger partial charge on any atom is -0.357 e. The molecule has 8 heteroatoms. The average Bonchev–Trinajstić information content (AvgIpc) is 3.12. The Morgan fingerprint density at radius 1 is 1.18 bits per heavy atom. The Morgan fingerprint density at radius 3 is 2.50 bits per heavy atom. The highest BCUT2D eigenvalue weighted by atomic mass is 127. The zero-order valence-corrected chi connectivity index (χ0v) is 15.3. The number of likely N-dealkylation sites (tertiary alicyclic amines) is 1. The van der Waals surface area contributed by atoms with Crippen LogP contribution >= 0.6 is 24.0 Å². The van der Waals surface area contributed by atoms with Crippen molar-refractivity contribution in [2.75, 3.05) is 39.3 Å². The largest absolute Gasteiger partial charge is 0.401 e. The van der Waals surface area contributed by atoms with E-state index < -0.39 is 12.7 Å². The van der Waals surface area contributed by atoms with E-state index in [1.807, 2.05) is 6.92 Å². The fourth-order valence-corrected chi connectivity index (χ4v) is 2.58. The van der Waals surface area contributed by atoms with Gasteiger partial charge in [0.25, 0.3) is 0 Å². The van der Waals surface area contributed by atoms with Crippen LogP contribution in [0.15, 0.2) is 4.99 Å². The first-order valence-electron chi connectivity index (χ1n) is 7.77. The van der Waals surface area contributed by atoms with Crippen LogP contribution in [-0.2, 0) is 0 Å². The van der Waals surface area contributed by atoms with E-state index >= 15 is 0 Å². The molecule has 1 heterocycles. The third-order valence-electron chi connectivity index (χ3n) is 3.88. The quantitative estimate of drug-likeness (QED) is 0.384. The minimum atomic E-state index is -4.10. The molecule has 1 unspecified atom stereocenters. The molecular weight excluding hydrogens is 408 g/mol. The molecule has 4 nitrogen and oxygen atoms in total. The second-order valence-corrected chi connectivity index (χ2v) is 6.05. The molecule has 0 bridgehead atoms. The molecule has 0 amide bonds. The van der Waals surface area contributed by atoms with Crippen molar-refractivity contribution in [2.45, 2.75) is 32.4 Å². The molecule has 1 aliphatic heterocycles. The summed E-state index contributed by atoms with van der Waals surface area (Å²) in [5.41, 5.74) is 0. The molecule has 130 valence electrons. The third-order valence-corrected chi connectivity index (χ3v) is 3.88. The highest BCUT2D eigenvalue weighted by Gasteiger charge is 2.34. The van der Waals surface area contributed by atoms with Crippen molar-refractivity contribution in [3.63, 3.8) is 0 Å². The fourth-order valence-electron chi connectivity index (χ4n) is 2.58. The molecule has 1 aliphatic carbocycles. The van der Waals surface area contributed by atoms with Gasteiger partial charge >= 0.3 is 6.18 Å². The molecule has 0 aromatic heterocycles. The number of hydrogen-bond acceptors (Lipinski definition) is 2. The molecule has 2 rings (SSSR count). The third kappa shape index (κ3) is 7.85. The van der Waals surface area contributed by atoms with E-state index in [9.17, 15) is 13.2 Å². The Bertz CT molecular complexity index is 358. The van der Waals surface area contributed by atoms with Crippen molar-refractivity contribution in [1.82, 2.24) is 15.5 Å². The standard InChI is InChI=1S/C14H25F3N4.HI/c1-2-18-13(19-7-11-3-4-11)20-8-12-5-6-21(9-12)10-14(15,16)17;/h11-12H,2-10H2,1H3,(H2,18,19,20);1H. The topological polar surface area (TPSA) is 39.7 Å². The maximum Gasteiger partial charge on any atom is 0.401 e. The predicted octanol–water partition coefficient (Wildman–Crippen LogP) is 2.45. The summed E-state index contributed by atoms with van der Waals surface area (Å²) in [5.74, 6) is 1.78. The molecule has 0 radical (unpaired) electrons. The normalized spacial score (nSPS) is 23.3. The van der Waals surface area contributed by atoms with Gasteiger partial charge in [-0.25, -0.2) is 0 Å². The van der Waals surface area contributed by atoms with E-state index in [4.69, 9.17) is 0 Å². The molecule has 2 fully saturated rings. The first-order chi connectivity index (χ1) is 9.96. The summed E-state index contributed by atoms with van der Waals surface area (Å²) in [6.45, 7) is 4.55. The second kappa shape index (κ2) is 9.14. The van der Waals surface area contributed by atoms with Crippen molar-refractivity contribution >= 4 is 29.9 Å². The van der Waals surface area contributed by atoms with E-state index in [2.05, 4.69) is 15.6 Å². The van der Waals surface area contributed by atoms with Gasteiger partial charge in [-0.15, -0.1) is 24.0 Å². The van der Waals surface area contributed by atoms with Crippen LogP contribution in [0, 0.1) is 11.8 Å². The van der Waals surface area contributed by atoms with Gasteiger partial charge in [-0.05, 0) is 44.6 Å². The van der Waals surface area contributed by atoms with E-state index in [1.54, 1.807) is 0 Å². The number of nitrogens with one attached hydrogen (secondary N) is 2. The smallest absolute Gasteiger partial charge is 0.357 e. The molecule has 1 saturated carbocycles. The zero-order chi connectivity index (χ0) is 15.3. The SMILES string of the molecule is CCNC(=NCC1CCN(CC(F)(F)F)C1)NCC1CC1.I. The van der Waals surface area contributed by atoms with Gasteiger partial charge in [0.1, 0.15) is 0 Å². The molecule has 0 spiro atoms. The van der Waals surface area contributed by atoms with Crippen LogP contribution in [0.1, 0.15) is 26.2 Å². The Morgan fingerprint density at radius 2 is 1.91 bits per heavy atom. The molecule has 1 atom stereocenters. The summed E-state index contributed by atoms with van der Waals surface area (Å²) in [7, 11) is 0. The van der Waals surface area contributed by atoms with Crippen LogP contribution in [0.25, 0.3) is 0 Å². The van der Waals surface area contributed by atoms with Crippen molar-refractivity contribution in [2.24, 2.45) is 16.8 Å². The lowest BCUT2D eigenvalue weighted by molar-refractivity contribution is -0.143. The van der Waals surface area contributed by atoms with Gasteiger partial charge in [-0.2, -0.15) is 13.2 Å². The summed E-state index contributed by atoms with van der Waals surface area (Å²) in [4.78, 5) is 5.99. The van der Waals surface area contributed by atoms with Crippen LogP contribution < -0.4 is 10.6 Å². The molecule has 22 heavy (non-hydrogen) atoms. The predicted molar refractivity (Wildman–Crippen MR) is 92.7 cm³/mol. The Kier molecular flexibility index (Phi) is 8.23. The van der Waals surface area contributed by atoms with Gasteiger partial charge in [0.15, 0.2) is 5.96 Å². The lowest BCUT2D eigenvalue weighted by atomic mass is 10.1. The number of aliphatic imine (C=N–C) groups is 1. The van der Waals surface area contributed by atoms with Gasteiger partial charge in [0.05, 0.1) is 6.54 Å². The Balaban J connectivity index is 0.00000242. The first kappa shape index (κ1) is 19.8. The van der Waals surface area contributed by atoms with Gasteiger partial charge in [0, 0.05) is 26.2 Å². The van der Waals surface area contributed by atoms with E-state index in [0.29, 0.717) is 19.6 Å². The number of nitrogens with zero attached hydrogens (tertiary/aromatic N) is 2. The number of guanidine groups is 1. The number of alkyl halides is 3. The summed E-state index contributed by atoms with van der Waals surface area (Å²) in [6.07, 6.45) is -0.747. The van der Waals surface area contributed by atoms with Crippen LogP contribution in [0.5, 0.6) is 0 Å². The number of halogens is 4. The highest BCUT2D eigenvalue weighted by molar-refractivity contribution is 14.0. The highest BCUT2D eigenvalue weighted by Crippen LogP contribution is 2.27. The lowest BCUT2D eigenvalue weighted by Crippen LogP contribution is -2.38. The summed E-state index contributed by atoms with van der Waals surface area (Å²) >= 11 is 0. The molecular formula is C14H26F3IN4. The van der Waals surface area contributed by atoms with Crippen molar-refractivity contribution in [3.8, 4) is 0 Å². The lowest BCUT2D eigenvalue weighted by Gasteiger charge is -2.17. The first-order valence-corrected chi connectivity index (χ1v) is 7.77. The van der Waals surface area contributed by atoms with Gasteiger partial charge < -0.3 is 10.6 Å². The van der Waals surface area contributed by atoms with E-state index in [0.717, 1.165) is 31.4 Å². The summed E-state index contributed by atoms with van der Waals surface area (Å²) in [6, 6.07) is 0. The average molecular weight is 434 g/mol. The molecule has 2 aliphatic rings. The molecule has 2 N–H and O–H groups in total. The molecule has 0 aromatic carbocycles. The number of hydrogen-bond donors (Lipinski definition) is 2. The zero-order valence-electron chi connectivity index (χ0n) is 13.0. The number of rotatable bonds is 6. The second-order valence-electron chi connectivity index (χ2n) is 6.05. The monoisotopic (exact) mass is 434 g/mol. The van der Waals surface area contributed by atoms with Gasteiger partial charge in [0.2, 0.25) is 0 Å². The van der Waals surface area contributed by atoms with Crippen LogP contribution in [0.2, 0.25) is 0 Å². The summed E-state index contributed by atoms with van der Waals surface area (Å²) < 4.78 is 37.0. The van der Waals surface area contributed by atoms with E-state index in [1.165, 1.54) is 17.7 Å². The van der Waals surface area contributed by atoms with Gasteiger partial charge in [-0.1, -0.05) is 0 Å². The van der Waals surface area contributed by atoms with Crippen LogP contribution in [0.4, 0.5) is 13.2 Å². The summed E-state index contributed by atoms with van der Waals surface area (Å²) in [5, 5.41) is 6.49. The van der Waals surface area contributed by atoms with Crippen molar-refractivity contribution < 1.29 is 13.2 Å². The maximum absolute atomic E-state index is 12.3. The molecule has 0 aromatic rings. The Hall–Kier alpha value is -0.250. The van der Waals surface area contributed by atoms with Crippen LogP contribution in [0.3, 0.4) is 0 Å². The fraction of sp³-hybridized carbons (Fsp3) is 0.929. The van der Waals surface area contributed by atoms with Crippen molar-refractivity contribution in [1.29, 1.82) is 0 Å². The Labute approximate surface area is 147 Å². The van der Waals surface area contributed by atoms with E-state index in [-0.39, 0.29) is 29.9 Å². The minimum absolute atomic E-state index is 0. The molecule has 1 saturated heterocycles. The van der Waals surface area contributed by atoms with Crippen molar-refractivity contribution in [3.05, 3.63) is 0 Å². The van der Waals surface area contributed by atoms with Gasteiger partial charge in [-0.3, -0.25) is 9.89 Å².